The molecule has 8 heteroatoms. The average molecular weight is 403 g/mol. The zero-order chi connectivity index (χ0) is 20.0. The van der Waals surface area contributed by atoms with Crippen molar-refractivity contribution in [3.8, 4) is 11.1 Å². The largest absolute Gasteiger partial charge is 0.477 e. The Balaban J connectivity index is 1.98. The summed E-state index contributed by atoms with van der Waals surface area (Å²) in [4.78, 5) is 24.4. The predicted octanol–water partition coefficient (Wildman–Crippen LogP) is 5.00. The maximum Gasteiger partial charge on any atom is 0.346 e. The molecule has 1 atom stereocenters. The molecule has 1 amide bonds. The third-order valence-corrected chi connectivity index (χ3v) is 5.86. The van der Waals surface area contributed by atoms with Crippen molar-refractivity contribution in [2.75, 3.05) is 5.32 Å². The highest BCUT2D eigenvalue weighted by atomic mass is 32.1. The Bertz CT molecular complexity index is 1130. The lowest BCUT2D eigenvalue weighted by Gasteiger charge is -2.24. The van der Waals surface area contributed by atoms with Crippen LogP contribution in [0.4, 0.5) is 18.9 Å². The van der Waals surface area contributed by atoms with E-state index in [4.69, 9.17) is 0 Å². The number of rotatable bonds is 3. The number of carbonyl (C=O) groups excluding carboxylic acids is 1. The third kappa shape index (κ3) is 2.95. The number of carboxylic acid groups (broad SMARTS) is 1. The van der Waals surface area contributed by atoms with Crippen molar-refractivity contribution in [3.63, 3.8) is 0 Å². The van der Waals surface area contributed by atoms with Crippen LogP contribution >= 0.6 is 11.3 Å². The molecular formula is C20H12F3NO3S. The van der Waals surface area contributed by atoms with E-state index in [1.54, 1.807) is 0 Å². The van der Waals surface area contributed by atoms with Crippen LogP contribution in [-0.2, 0) is 4.79 Å². The molecule has 28 heavy (non-hydrogen) atoms. The highest BCUT2D eigenvalue weighted by molar-refractivity contribution is 7.15. The number of halogens is 3. The predicted molar refractivity (Wildman–Crippen MR) is 98.1 cm³/mol. The molecule has 0 aliphatic carbocycles. The molecule has 4 nitrogen and oxygen atoms in total. The first-order chi connectivity index (χ1) is 13.4. The van der Waals surface area contributed by atoms with E-state index in [2.05, 4.69) is 5.32 Å². The van der Waals surface area contributed by atoms with Gasteiger partial charge in [-0.15, -0.1) is 11.3 Å². The van der Waals surface area contributed by atoms with E-state index in [1.165, 1.54) is 30.3 Å². The smallest absolute Gasteiger partial charge is 0.346 e. The van der Waals surface area contributed by atoms with Crippen molar-refractivity contribution in [3.05, 3.63) is 75.2 Å². The Morgan fingerprint density at radius 1 is 1.14 bits per heavy atom. The van der Waals surface area contributed by atoms with Gasteiger partial charge in [0.2, 0.25) is 5.91 Å². The second-order valence-electron chi connectivity index (χ2n) is 6.31. The van der Waals surface area contributed by atoms with Gasteiger partial charge in [-0.2, -0.15) is 0 Å². The van der Waals surface area contributed by atoms with Crippen LogP contribution in [0.3, 0.4) is 0 Å². The third-order valence-electron chi connectivity index (χ3n) is 4.57. The molecule has 2 N–H and O–H groups in total. The van der Waals surface area contributed by atoms with Crippen LogP contribution in [0.1, 0.15) is 32.5 Å². The van der Waals surface area contributed by atoms with E-state index in [1.807, 2.05) is 0 Å². The number of hydrogen-bond donors (Lipinski definition) is 2. The second kappa shape index (κ2) is 6.79. The first-order valence-corrected chi connectivity index (χ1v) is 9.08. The summed E-state index contributed by atoms with van der Waals surface area (Å²) >= 11 is 0.864. The van der Waals surface area contributed by atoms with Crippen molar-refractivity contribution in [2.24, 2.45) is 0 Å². The molecule has 0 saturated carbocycles. The average Bonchev–Trinajstić information content (AvgIpc) is 3.03. The van der Waals surface area contributed by atoms with Crippen molar-refractivity contribution in [2.45, 2.75) is 12.3 Å². The molecule has 0 saturated heterocycles. The Hall–Kier alpha value is -3.13. The molecule has 3 aromatic rings. The number of amides is 1. The van der Waals surface area contributed by atoms with Gasteiger partial charge in [-0.25, -0.2) is 18.0 Å². The summed E-state index contributed by atoms with van der Waals surface area (Å²) in [6.45, 7) is 0. The van der Waals surface area contributed by atoms with Gasteiger partial charge < -0.3 is 10.4 Å². The molecular weight excluding hydrogens is 391 g/mol. The van der Waals surface area contributed by atoms with E-state index in [9.17, 15) is 27.9 Å². The number of hydrogen-bond acceptors (Lipinski definition) is 3. The van der Waals surface area contributed by atoms with Gasteiger partial charge in [-0.05, 0) is 29.3 Å². The zero-order valence-corrected chi connectivity index (χ0v) is 14.9. The van der Waals surface area contributed by atoms with Crippen LogP contribution in [0.5, 0.6) is 0 Å². The van der Waals surface area contributed by atoms with Crippen molar-refractivity contribution < 1.29 is 27.9 Å². The van der Waals surface area contributed by atoms with Crippen molar-refractivity contribution in [1.82, 2.24) is 0 Å². The maximum atomic E-state index is 14.4. The number of aromatic carboxylic acids is 1. The molecule has 142 valence electrons. The van der Waals surface area contributed by atoms with Gasteiger partial charge in [0.15, 0.2) is 11.6 Å². The normalized spacial score (nSPS) is 15.8. The quantitative estimate of drug-likeness (QED) is 0.647. The standard InChI is InChI=1S/C20H12F3NO3S/c21-10-4-1-3-9(7-10)15-17-18(28-19(15)20(26)27)12(8-14(25)24-17)11-5-2-6-13(22)16(11)23/h1-7,12H,8H2,(H,24,25)(H,26,27)/t12-/m0/s1. The molecule has 4 rings (SSSR count). The van der Waals surface area contributed by atoms with Crippen molar-refractivity contribution >= 4 is 28.9 Å². The Morgan fingerprint density at radius 3 is 2.61 bits per heavy atom. The minimum Gasteiger partial charge on any atom is -0.477 e. The molecule has 0 bridgehead atoms. The van der Waals surface area contributed by atoms with Gasteiger partial charge in [0.25, 0.3) is 0 Å². The summed E-state index contributed by atoms with van der Waals surface area (Å²) in [5.41, 5.74) is 0.593. The first kappa shape index (κ1) is 18.2. The lowest BCUT2D eigenvalue weighted by Crippen LogP contribution is -2.23. The number of nitrogens with one attached hydrogen (secondary N) is 1. The summed E-state index contributed by atoms with van der Waals surface area (Å²) in [7, 11) is 0. The minimum absolute atomic E-state index is 0.0277. The minimum atomic E-state index is -1.26. The number of fused-ring (bicyclic) bond motifs is 1. The lowest BCUT2D eigenvalue weighted by molar-refractivity contribution is -0.116. The van der Waals surface area contributed by atoms with Crippen LogP contribution in [0.25, 0.3) is 11.1 Å². The highest BCUT2D eigenvalue weighted by Gasteiger charge is 2.36. The fraction of sp³-hybridized carbons (Fsp3) is 0.100. The molecule has 0 unspecified atom stereocenters. The number of anilines is 1. The van der Waals surface area contributed by atoms with Crippen LogP contribution < -0.4 is 5.32 Å². The maximum absolute atomic E-state index is 14.4. The fourth-order valence-corrected chi connectivity index (χ4v) is 4.63. The van der Waals surface area contributed by atoms with Gasteiger partial charge >= 0.3 is 5.97 Å². The summed E-state index contributed by atoms with van der Waals surface area (Å²) in [5.74, 6) is -5.26. The van der Waals surface area contributed by atoms with Crippen LogP contribution in [-0.4, -0.2) is 17.0 Å². The lowest BCUT2D eigenvalue weighted by atomic mass is 9.88. The Morgan fingerprint density at radius 2 is 1.89 bits per heavy atom. The van der Waals surface area contributed by atoms with Gasteiger partial charge in [0.1, 0.15) is 10.7 Å². The molecule has 1 aliphatic rings. The van der Waals surface area contributed by atoms with Crippen LogP contribution in [0.2, 0.25) is 0 Å². The molecule has 0 spiro atoms. The molecule has 1 aromatic heterocycles. The highest BCUT2D eigenvalue weighted by Crippen LogP contribution is 2.49. The van der Waals surface area contributed by atoms with Gasteiger partial charge in [0.05, 0.1) is 5.69 Å². The number of carboxylic acids is 1. The SMILES string of the molecule is O=C1C[C@@H](c2cccc(F)c2F)c2sc(C(=O)O)c(-c3cccc(F)c3)c2N1. The van der Waals surface area contributed by atoms with E-state index in [0.29, 0.717) is 4.88 Å². The summed E-state index contributed by atoms with van der Waals surface area (Å²) in [5, 5.41) is 12.3. The number of benzene rings is 2. The zero-order valence-electron chi connectivity index (χ0n) is 14.1. The number of thiophene rings is 1. The van der Waals surface area contributed by atoms with Gasteiger partial charge in [0, 0.05) is 22.8 Å². The number of carbonyl (C=O) groups is 2. The summed E-state index contributed by atoms with van der Waals surface area (Å²) < 4.78 is 41.8. The summed E-state index contributed by atoms with van der Waals surface area (Å²) in [6, 6.07) is 9.00. The van der Waals surface area contributed by atoms with E-state index >= 15 is 0 Å². The second-order valence-corrected chi connectivity index (χ2v) is 7.36. The van der Waals surface area contributed by atoms with Crippen LogP contribution in [0.15, 0.2) is 42.5 Å². The Labute approximate surface area is 161 Å². The molecule has 2 aromatic carbocycles. The first-order valence-electron chi connectivity index (χ1n) is 8.26. The monoisotopic (exact) mass is 403 g/mol. The Kier molecular flexibility index (Phi) is 4.43. The van der Waals surface area contributed by atoms with E-state index in [0.717, 1.165) is 23.5 Å². The summed E-state index contributed by atoms with van der Waals surface area (Å²) in [6.07, 6.45) is -0.157. The van der Waals surface area contributed by atoms with E-state index < -0.39 is 35.2 Å². The van der Waals surface area contributed by atoms with Gasteiger partial charge in [-0.3, -0.25) is 4.79 Å². The van der Waals surface area contributed by atoms with Gasteiger partial charge in [-0.1, -0.05) is 24.3 Å². The van der Waals surface area contributed by atoms with Crippen molar-refractivity contribution in [1.29, 1.82) is 0 Å². The van der Waals surface area contributed by atoms with Crippen LogP contribution in [0, 0.1) is 17.5 Å². The topological polar surface area (TPSA) is 66.4 Å². The fourth-order valence-electron chi connectivity index (χ4n) is 3.40. The molecule has 2 heterocycles. The molecule has 1 aliphatic heterocycles. The molecule has 0 fully saturated rings. The molecule has 0 radical (unpaired) electrons. The van der Waals surface area contributed by atoms with E-state index in [-0.39, 0.29) is 33.7 Å².